The summed E-state index contributed by atoms with van der Waals surface area (Å²) < 4.78 is 0. The Morgan fingerprint density at radius 3 is 1.82 bits per heavy atom. The van der Waals surface area contributed by atoms with E-state index in [1.165, 1.54) is 0 Å². The fourth-order valence-corrected chi connectivity index (χ4v) is 0.774. The highest BCUT2D eigenvalue weighted by Gasteiger charge is 2.23. The van der Waals surface area contributed by atoms with Crippen molar-refractivity contribution >= 4 is 0 Å². The zero-order chi connectivity index (χ0) is 8.74. The van der Waals surface area contributed by atoms with Crippen LogP contribution in [0.5, 0.6) is 0 Å². The van der Waals surface area contributed by atoms with Crippen LogP contribution in [-0.2, 0) is 0 Å². The lowest BCUT2D eigenvalue weighted by atomic mass is 9.99. The predicted molar refractivity (Wildman–Crippen MR) is 40.1 cm³/mol. The standard InChI is InChI=1S/C7H16O4/c8-4-2-1-3-7(11,5-9)6-10/h8-11H,1-6H2. The molecule has 0 aliphatic rings. The van der Waals surface area contributed by atoms with Crippen LogP contribution in [0.4, 0.5) is 0 Å². The molecule has 4 heteroatoms. The Labute approximate surface area is 66.1 Å². The molecule has 4 nitrogen and oxygen atoms in total. The number of aliphatic hydroxyl groups excluding tert-OH is 3. The Morgan fingerprint density at radius 2 is 1.45 bits per heavy atom. The molecule has 0 rings (SSSR count). The van der Waals surface area contributed by atoms with Crippen LogP contribution in [0.2, 0.25) is 0 Å². The van der Waals surface area contributed by atoms with Crippen molar-refractivity contribution in [2.45, 2.75) is 24.9 Å². The van der Waals surface area contributed by atoms with E-state index in [-0.39, 0.29) is 6.61 Å². The van der Waals surface area contributed by atoms with Gasteiger partial charge in [0.2, 0.25) is 0 Å². The van der Waals surface area contributed by atoms with E-state index in [0.29, 0.717) is 19.3 Å². The monoisotopic (exact) mass is 164 g/mol. The fraction of sp³-hybridized carbons (Fsp3) is 1.00. The SMILES string of the molecule is OCCCCC(O)(CO)CO. The average molecular weight is 164 g/mol. The van der Waals surface area contributed by atoms with Crippen LogP contribution in [0.3, 0.4) is 0 Å². The van der Waals surface area contributed by atoms with Crippen LogP contribution in [0.1, 0.15) is 19.3 Å². The van der Waals surface area contributed by atoms with Gasteiger partial charge >= 0.3 is 0 Å². The van der Waals surface area contributed by atoms with E-state index in [2.05, 4.69) is 0 Å². The van der Waals surface area contributed by atoms with E-state index in [4.69, 9.17) is 15.3 Å². The maximum absolute atomic E-state index is 9.27. The lowest BCUT2D eigenvalue weighted by molar-refractivity contribution is -0.0619. The molecular formula is C7H16O4. The average Bonchev–Trinajstić information content (AvgIpc) is 2.05. The quantitative estimate of drug-likeness (QED) is 0.374. The van der Waals surface area contributed by atoms with Crippen LogP contribution in [0.25, 0.3) is 0 Å². The third kappa shape index (κ3) is 4.31. The van der Waals surface area contributed by atoms with Gasteiger partial charge in [0.1, 0.15) is 5.60 Å². The molecule has 4 N–H and O–H groups in total. The number of rotatable bonds is 6. The summed E-state index contributed by atoms with van der Waals surface area (Å²) in [6, 6.07) is 0. The van der Waals surface area contributed by atoms with Gasteiger partial charge in [-0.2, -0.15) is 0 Å². The molecule has 0 radical (unpaired) electrons. The van der Waals surface area contributed by atoms with Crippen LogP contribution in [0, 0.1) is 0 Å². The van der Waals surface area contributed by atoms with Gasteiger partial charge in [-0.1, -0.05) is 0 Å². The maximum atomic E-state index is 9.27. The molecule has 0 unspecified atom stereocenters. The first-order chi connectivity index (χ1) is 5.18. The minimum Gasteiger partial charge on any atom is -0.396 e. The van der Waals surface area contributed by atoms with Crippen molar-refractivity contribution < 1.29 is 20.4 Å². The minimum absolute atomic E-state index is 0.0763. The Bertz CT molecular complexity index is 90.4. The van der Waals surface area contributed by atoms with Crippen LogP contribution in [0.15, 0.2) is 0 Å². The molecule has 11 heavy (non-hydrogen) atoms. The first-order valence-corrected chi connectivity index (χ1v) is 3.73. The molecule has 0 aromatic rings. The van der Waals surface area contributed by atoms with Gasteiger partial charge in [0, 0.05) is 6.61 Å². The zero-order valence-electron chi connectivity index (χ0n) is 6.53. The molecule has 0 atom stereocenters. The zero-order valence-corrected chi connectivity index (χ0v) is 6.53. The van der Waals surface area contributed by atoms with Crippen LogP contribution >= 0.6 is 0 Å². The van der Waals surface area contributed by atoms with Crippen LogP contribution in [-0.4, -0.2) is 45.8 Å². The summed E-state index contributed by atoms with van der Waals surface area (Å²) in [5, 5.41) is 34.9. The lowest BCUT2D eigenvalue weighted by Crippen LogP contribution is -2.37. The number of aliphatic hydroxyl groups is 4. The van der Waals surface area contributed by atoms with E-state index in [1.54, 1.807) is 0 Å². The summed E-state index contributed by atoms with van der Waals surface area (Å²) in [6.45, 7) is -0.795. The topological polar surface area (TPSA) is 80.9 Å². The molecule has 0 heterocycles. The first-order valence-electron chi connectivity index (χ1n) is 3.73. The Hall–Kier alpha value is -0.160. The fourth-order valence-electron chi connectivity index (χ4n) is 0.774. The molecule has 0 fully saturated rings. The third-order valence-corrected chi connectivity index (χ3v) is 1.64. The number of hydrogen-bond acceptors (Lipinski definition) is 4. The summed E-state index contributed by atoms with van der Waals surface area (Å²) >= 11 is 0. The highest BCUT2D eigenvalue weighted by Crippen LogP contribution is 2.12. The van der Waals surface area contributed by atoms with E-state index >= 15 is 0 Å². The normalized spacial score (nSPS) is 12.0. The second kappa shape index (κ2) is 5.49. The largest absolute Gasteiger partial charge is 0.396 e. The maximum Gasteiger partial charge on any atom is 0.111 e. The van der Waals surface area contributed by atoms with Crippen molar-refractivity contribution in [3.05, 3.63) is 0 Å². The van der Waals surface area contributed by atoms with Crippen molar-refractivity contribution in [3.63, 3.8) is 0 Å². The molecule has 0 saturated carbocycles. The Morgan fingerprint density at radius 1 is 0.909 bits per heavy atom. The number of hydrogen-bond donors (Lipinski definition) is 4. The van der Waals surface area contributed by atoms with Crippen molar-refractivity contribution in [1.82, 2.24) is 0 Å². The highest BCUT2D eigenvalue weighted by atomic mass is 16.4. The molecule has 0 amide bonds. The van der Waals surface area contributed by atoms with Gasteiger partial charge in [-0.25, -0.2) is 0 Å². The summed E-state index contributed by atoms with van der Waals surface area (Å²) in [5.74, 6) is 0. The van der Waals surface area contributed by atoms with E-state index < -0.39 is 18.8 Å². The van der Waals surface area contributed by atoms with Crippen molar-refractivity contribution in [2.24, 2.45) is 0 Å². The van der Waals surface area contributed by atoms with Gasteiger partial charge in [-0.15, -0.1) is 0 Å². The van der Waals surface area contributed by atoms with Gasteiger partial charge in [0.15, 0.2) is 0 Å². The highest BCUT2D eigenvalue weighted by molar-refractivity contribution is 4.75. The molecule has 0 aliphatic carbocycles. The van der Waals surface area contributed by atoms with Crippen molar-refractivity contribution in [2.75, 3.05) is 19.8 Å². The lowest BCUT2D eigenvalue weighted by Gasteiger charge is -2.22. The summed E-state index contributed by atoms with van der Waals surface area (Å²) in [6.07, 6.45) is 1.51. The third-order valence-electron chi connectivity index (χ3n) is 1.64. The summed E-state index contributed by atoms with van der Waals surface area (Å²) in [5.41, 5.74) is -1.37. The second-order valence-corrected chi connectivity index (χ2v) is 2.72. The van der Waals surface area contributed by atoms with Crippen molar-refractivity contribution in [3.8, 4) is 0 Å². The minimum atomic E-state index is -1.37. The summed E-state index contributed by atoms with van der Waals surface area (Å²) in [4.78, 5) is 0. The Kier molecular flexibility index (Phi) is 5.41. The molecular weight excluding hydrogens is 148 g/mol. The molecule has 68 valence electrons. The van der Waals surface area contributed by atoms with Crippen LogP contribution < -0.4 is 0 Å². The van der Waals surface area contributed by atoms with E-state index in [0.717, 1.165) is 0 Å². The van der Waals surface area contributed by atoms with Crippen molar-refractivity contribution in [1.29, 1.82) is 0 Å². The summed E-state index contributed by atoms with van der Waals surface area (Å²) in [7, 11) is 0. The number of unbranched alkanes of at least 4 members (excludes halogenated alkanes) is 1. The van der Waals surface area contributed by atoms with Gasteiger partial charge in [-0.3, -0.25) is 0 Å². The molecule has 0 spiro atoms. The Balaban J connectivity index is 3.51. The van der Waals surface area contributed by atoms with E-state index in [9.17, 15) is 5.11 Å². The smallest absolute Gasteiger partial charge is 0.111 e. The van der Waals surface area contributed by atoms with Gasteiger partial charge in [0.25, 0.3) is 0 Å². The van der Waals surface area contributed by atoms with Gasteiger partial charge in [0.05, 0.1) is 13.2 Å². The molecule has 0 aromatic heterocycles. The second-order valence-electron chi connectivity index (χ2n) is 2.72. The van der Waals surface area contributed by atoms with E-state index in [1.807, 2.05) is 0 Å². The molecule has 0 bridgehead atoms. The predicted octanol–water partition coefficient (Wildman–Crippen LogP) is -1.14. The molecule has 0 aromatic carbocycles. The molecule has 0 aliphatic heterocycles. The van der Waals surface area contributed by atoms with Gasteiger partial charge < -0.3 is 20.4 Å². The van der Waals surface area contributed by atoms with Gasteiger partial charge in [-0.05, 0) is 19.3 Å². The first kappa shape index (κ1) is 10.8. The molecule has 0 saturated heterocycles.